The molecule has 4 aliphatic rings. The van der Waals surface area contributed by atoms with E-state index in [1.807, 2.05) is 13.8 Å². The fraction of sp³-hybridized carbons (Fsp3) is 0.708. The minimum absolute atomic E-state index is 0.266. The summed E-state index contributed by atoms with van der Waals surface area (Å²) in [6.07, 6.45) is 4.19. The fourth-order valence-corrected chi connectivity index (χ4v) is 7.35. The van der Waals surface area contributed by atoms with E-state index in [1.165, 1.54) is 13.8 Å². The monoisotopic (exact) mass is 448 g/mol. The van der Waals surface area contributed by atoms with E-state index in [9.17, 15) is 24.6 Å². The number of rotatable bonds is 4. The zero-order chi connectivity index (χ0) is 23.7. The molecule has 0 aromatic carbocycles. The van der Waals surface area contributed by atoms with Gasteiger partial charge in [0.25, 0.3) is 0 Å². The van der Waals surface area contributed by atoms with Crippen LogP contribution in [0.3, 0.4) is 0 Å². The maximum atomic E-state index is 13.6. The van der Waals surface area contributed by atoms with Crippen LogP contribution in [0.15, 0.2) is 24.3 Å². The van der Waals surface area contributed by atoms with Crippen LogP contribution in [0.4, 0.5) is 0 Å². The van der Waals surface area contributed by atoms with Crippen molar-refractivity contribution in [3.63, 3.8) is 0 Å². The number of fused-ring (bicyclic) bond motifs is 3. The highest BCUT2D eigenvalue weighted by molar-refractivity contribution is 5.77. The lowest BCUT2D eigenvalue weighted by molar-refractivity contribution is -0.183. The summed E-state index contributed by atoms with van der Waals surface area (Å²) in [5.74, 6) is -3.33. The van der Waals surface area contributed by atoms with Crippen LogP contribution in [-0.2, 0) is 28.6 Å². The Balaban J connectivity index is 1.88. The molecule has 2 bridgehead atoms. The molecule has 1 spiro atoms. The molecule has 3 fully saturated rings. The molecule has 0 saturated heterocycles. The van der Waals surface area contributed by atoms with E-state index in [2.05, 4.69) is 6.58 Å². The molecule has 32 heavy (non-hydrogen) atoms. The topological polar surface area (TPSA) is 119 Å². The Morgan fingerprint density at radius 1 is 1.19 bits per heavy atom. The lowest BCUT2D eigenvalue weighted by Crippen LogP contribution is -2.56. The average molecular weight is 449 g/mol. The maximum absolute atomic E-state index is 13.6. The quantitative estimate of drug-likeness (QED) is 0.381. The average Bonchev–Trinajstić information content (AvgIpc) is 3.02. The highest BCUT2D eigenvalue weighted by Crippen LogP contribution is 2.75. The molecule has 0 heterocycles. The first-order valence-electron chi connectivity index (χ1n) is 11.1. The van der Waals surface area contributed by atoms with Crippen LogP contribution in [0.1, 0.15) is 53.4 Å². The van der Waals surface area contributed by atoms with Gasteiger partial charge < -0.3 is 24.4 Å². The molecule has 7 atom stereocenters. The van der Waals surface area contributed by atoms with Gasteiger partial charge in [0, 0.05) is 31.1 Å². The number of aliphatic hydroxyl groups excluding tert-OH is 1. The van der Waals surface area contributed by atoms with Gasteiger partial charge in [0.2, 0.25) is 6.79 Å². The van der Waals surface area contributed by atoms with Gasteiger partial charge in [-0.1, -0.05) is 26.5 Å². The van der Waals surface area contributed by atoms with Crippen LogP contribution in [0.2, 0.25) is 0 Å². The number of carbonyl (C=O) groups excluding carboxylic acids is 3. The van der Waals surface area contributed by atoms with Gasteiger partial charge in [-0.25, -0.2) is 0 Å². The van der Waals surface area contributed by atoms with Crippen molar-refractivity contribution in [2.45, 2.75) is 70.7 Å². The van der Waals surface area contributed by atoms with Gasteiger partial charge in [-0.3, -0.25) is 14.4 Å². The minimum Gasteiger partial charge on any atom is -0.454 e. The van der Waals surface area contributed by atoms with Crippen molar-refractivity contribution in [3.05, 3.63) is 24.3 Å². The number of aliphatic hydroxyl groups is 2. The van der Waals surface area contributed by atoms with Crippen LogP contribution in [0.5, 0.6) is 0 Å². The third-order valence-electron chi connectivity index (χ3n) is 8.49. The Kier molecular flexibility index (Phi) is 5.14. The SMILES string of the molecule is C=C1C[C@]23C[C@@]1(O)CC[C@H]2[C@]1(OC(C)=O)C=C[C@H](O)C(C)(C)C1[C@@H]3C(=O)OCOC(C)=O. The molecule has 1 unspecified atom stereocenters. The second kappa shape index (κ2) is 7.15. The standard InChI is InChI=1S/C24H32O8/c1-13-10-22-11-23(13,29)8-6-16(22)24(32-15(3)26)9-7-17(27)21(4,5)19(24)18(22)20(28)31-12-30-14(2)25/h7,9,16-19,27,29H,1,6,8,10-12H2,2-5H3/t16-,17+,18-,19?,22+,23+,24-/m1/s1. The zero-order valence-corrected chi connectivity index (χ0v) is 19.1. The highest BCUT2D eigenvalue weighted by atomic mass is 16.7. The summed E-state index contributed by atoms with van der Waals surface area (Å²) in [7, 11) is 0. The van der Waals surface area contributed by atoms with Gasteiger partial charge in [0.05, 0.1) is 17.6 Å². The van der Waals surface area contributed by atoms with Crippen LogP contribution in [0.25, 0.3) is 0 Å². The molecule has 176 valence electrons. The Bertz CT molecular complexity index is 906. The summed E-state index contributed by atoms with van der Waals surface area (Å²) in [5, 5.41) is 22.1. The van der Waals surface area contributed by atoms with Gasteiger partial charge in [0.15, 0.2) is 0 Å². The first kappa shape index (κ1) is 23.0. The van der Waals surface area contributed by atoms with E-state index in [0.29, 0.717) is 31.3 Å². The molecule has 4 aliphatic carbocycles. The van der Waals surface area contributed by atoms with Gasteiger partial charge in [-0.05, 0) is 42.7 Å². The van der Waals surface area contributed by atoms with Crippen molar-refractivity contribution in [1.29, 1.82) is 0 Å². The second-order valence-electron chi connectivity index (χ2n) is 10.6. The van der Waals surface area contributed by atoms with Crippen molar-refractivity contribution in [2.75, 3.05) is 6.79 Å². The van der Waals surface area contributed by atoms with E-state index in [4.69, 9.17) is 14.2 Å². The van der Waals surface area contributed by atoms with E-state index in [0.717, 1.165) is 0 Å². The Labute approximate surface area is 187 Å². The summed E-state index contributed by atoms with van der Waals surface area (Å²) in [6.45, 7) is 9.84. The smallest absolute Gasteiger partial charge is 0.312 e. The van der Waals surface area contributed by atoms with Gasteiger partial charge >= 0.3 is 17.9 Å². The number of esters is 3. The lowest BCUT2D eigenvalue weighted by atomic mass is 9.60. The van der Waals surface area contributed by atoms with Gasteiger partial charge in [-0.2, -0.15) is 0 Å². The zero-order valence-electron chi connectivity index (χ0n) is 19.1. The summed E-state index contributed by atoms with van der Waals surface area (Å²) >= 11 is 0. The van der Waals surface area contributed by atoms with Gasteiger partial charge in [-0.15, -0.1) is 0 Å². The van der Waals surface area contributed by atoms with E-state index < -0.39 is 64.7 Å². The first-order valence-corrected chi connectivity index (χ1v) is 11.1. The largest absolute Gasteiger partial charge is 0.454 e. The maximum Gasteiger partial charge on any atom is 0.312 e. The molecule has 0 aliphatic heterocycles. The summed E-state index contributed by atoms with van der Waals surface area (Å²) in [4.78, 5) is 37.1. The lowest BCUT2D eigenvalue weighted by Gasteiger charge is -2.50. The molecule has 0 radical (unpaired) electrons. The Morgan fingerprint density at radius 3 is 2.50 bits per heavy atom. The molecule has 8 heteroatoms. The summed E-state index contributed by atoms with van der Waals surface area (Å²) in [6, 6.07) is 0. The van der Waals surface area contributed by atoms with Crippen LogP contribution in [-0.4, -0.2) is 52.2 Å². The van der Waals surface area contributed by atoms with Crippen LogP contribution >= 0.6 is 0 Å². The summed E-state index contributed by atoms with van der Waals surface area (Å²) < 4.78 is 16.3. The Hall–Kier alpha value is -2.19. The highest BCUT2D eigenvalue weighted by Gasteiger charge is 2.78. The number of ether oxygens (including phenoxy) is 3. The van der Waals surface area contributed by atoms with E-state index in [1.54, 1.807) is 12.2 Å². The molecule has 3 saturated carbocycles. The molecule has 0 aromatic heterocycles. The third-order valence-corrected chi connectivity index (χ3v) is 8.49. The normalized spacial score (nSPS) is 43.2. The molecule has 0 aromatic rings. The molecule has 2 N–H and O–H groups in total. The van der Waals surface area contributed by atoms with Crippen molar-refractivity contribution in [1.82, 2.24) is 0 Å². The van der Waals surface area contributed by atoms with Crippen molar-refractivity contribution in [3.8, 4) is 0 Å². The van der Waals surface area contributed by atoms with Crippen LogP contribution in [0, 0.1) is 28.6 Å². The molecular formula is C24H32O8. The predicted octanol–water partition coefficient (Wildman–Crippen LogP) is 2.03. The van der Waals surface area contributed by atoms with E-state index in [-0.39, 0.29) is 5.92 Å². The van der Waals surface area contributed by atoms with Crippen molar-refractivity contribution >= 4 is 17.9 Å². The molecular weight excluding hydrogens is 416 g/mol. The van der Waals surface area contributed by atoms with Gasteiger partial charge in [0.1, 0.15) is 5.60 Å². The molecule has 0 amide bonds. The first-order chi connectivity index (χ1) is 14.8. The number of hydrogen-bond donors (Lipinski definition) is 2. The third kappa shape index (κ3) is 2.99. The van der Waals surface area contributed by atoms with E-state index >= 15 is 0 Å². The summed E-state index contributed by atoms with van der Waals surface area (Å²) in [5.41, 5.74) is -3.17. The molecule has 8 nitrogen and oxygen atoms in total. The fourth-order valence-electron chi connectivity index (χ4n) is 7.35. The Morgan fingerprint density at radius 2 is 1.88 bits per heavy atom. The number of hydrogen-bond acceptors (Lipinski definition) is 8. The van der Waals surface area contributed by atoms with Crippen molar-refractivity contribution < 1.29 is 38.8 Å². The molecule has 4 rings (SSSR count). The van der Waals surface area contributed by atoms with Crippen LogP contribution < -0.4 is 0 Å². The van der Waals surface area contributed by atoms with Crippen molar-refractivity contribution in [2.24, 2.45) is 28.6 Å². The number of carbonyl (C=O) groups is 3. The predicted molar refractivity (Wildman–Crippen MR) is 112 cm³/mol. The minimum atomic E-state index is -1.13. The second-order valence-corrected chi connectivity index (χ2v) is 10.6.